The minimum absolute atomic E-state index is 0.0316. The van der Waals surface area contributed by atoms with Crippen molar-refractivity contribution in [3.05, 3.63) is 63.6 Å². The molecule has 156 valence electrons. The van der Waals surface area contributed by atoms with Gasteiger partial charge in [-0.1, -0.05) is 36.2 Å². The first-order valence-corrected chi connectivity index (χ1v) is 10.9. The minimum atomic E-state index is -3.61. The zero-order chi connectivity index (χ0) is 21.6. The van der Waals surface area contributed by atoms with Crippen molar-refractivity contribution in [1.82, 2.24) is 10.0 Å². The van der Waals surface area contributed by atoms with Crippen molar-refractivity contribution in [3.63, 3.8) is 0 Å². The Morgan fingerprint density at radius 2 is 1.72 bits per heavy atom. The molecule has 0 bridgehead atoms. The Bertz CT molecular complexity index is 994. The third-order valence-electron chi connectivity index (χ3n) is 3.89. The first kappa shape index (κ1) is 23.2. The molecule has 0 heterocycles. The van der Waals surface area contributed by atoms with Crippen LogP contribution in [0.25, 0.3) is 0 Å². The summed E-state index contributed by atoms with van der Waals surface area (Å²) in [6.07, 6.45) is 0. The molecular weight excluding hydrogens is 439 g/mol. The number of esters is 1. The fourth-order valence-corrected chi connectivity index (χ4v) is 3.75. The van der Waals surface area contributed by atoms with E-state index in [4.69, 9.17) is 27.9 Å². The van der Waals surface area contributed by atoms with E-state index in [1.165, 1.54) is 24.3 Å². The molecule has 1 amide bonds. The number of rotatable bonds is 8. The van der Waals surface area contributed by atoms with Gasteiger partial charge in [0.05, 0.1) is 26.5 Å². The lowest BCUT2D eigenvalue weighted by Crippen LogP contribution is -2.31. The van der Waals surface area contributed by atoms with Gasteiger partial charge in [-0.25, -0.2) is 17.9 Å². The van der Waals surface area contributed by atoms with Crippen molar-refractivity contribution < 1.29 is 22.7 Å². The quantitative estimate of drug-likeness (QED) is 0.590. The summed E-state index contributed by atoms with van der Waals surface area (Å²) in [7, 11) is -3.61. The minimum Gasteiger partial charge on any atom is -0.452 e. The van der Waals surface area contributed by atoms with E-state index in [0.717, 1.165) is 5.56 Å². The van der Waals surface area contributed by atoms with E-state index in [0.29, 0.717) is 10.0 Å². The van der Waals surface area contributed by atoms with Crippen molar-refractivity contribution >= 4 is 45.1 Å². The van der Waals surface area contributed by atoms with Gasteiger partial charge in [0.15, 0.2) is 6.61 Å². The van der Waals surface area contributed by atoms with Crippen molar-refractivity contribution in [2.45, 2.75) is 24.8 Å². The van der Waals surface area contributed by atoms with Gasteiger partial charge in [-0.3, -0.25) is 4.79 Å². The topological polar surface area (TPSA) is 102 Å². The van der Waals surface area contributed by atoms with E-state index >= 15 is 0 Å². The standard InChI is InChI=1S/C19H20Cl2N2O5S/c1-3-22-29(26,27)15-7-4-13(5-8-15)19(25)28-11-18(24)23-12(2)14-6-9-16(20)17(21)10-14/h4-10,12,22H,3,11H2,1-2H3,(H,23,24). The van der Waals surface area contributed by atoms with E-state index in [2.05, 4.69) is 10.0 Å². The number of sulfonamides is 1. The third-order valence-corrected chi connectivity index (χ3v) is 6.19. The molecule has 0 spiro atoms. The molecule has 0 saturated carbocycles. The summed E-state index contributed by atoms with van der Waals surface area (Å²) in [5.74, 6) is -1.24. The number of amides is 1. The number of ether oxygens (including phenoxy) is 1. The summed E-state index contributed by atoms with van der Waals surface area (Å²) in [4.78, 5) is 24.1. The number of halogens is 2. The van der Waals surface area contributed by atoms with Crippen LogP contribution < -0.4 is 10.0 Å². The number of carbonyl (C=O) groups is 2. The van der Waals surface area contributed by atoms with Gasteiger partial charge in [0.1, 0.15) is 0 Å². The van der Waals surface area contributed by atoms with Crippen LogP contribution in [0.15, 0.2) is 47.4 Å². The van der Waals surface area contributed by atoms with Crippen molar-refractivity contribution in [2.75, 3.05) is 13.2 Å². The molecule has 2 rings (SSSR count). The number of carbonyl (C=O) groups excluding carboxylic acids is 2. The van der Waals surface area contributed by atoms with Gasteiger partial charge in [-0.2, -0.15) is 0 Å². The van der Waals surface area contributed by atoms with Crippen molar-refractivity contribution in [1.29, 1.82) is 0 Å². The Labute approximate surface area is 179 Å². The molecule has 0 aliphatic rings. The molecule has 2 N–H and O–H groups in total. The zero-order valence-corrected chi connectivity index (χ0v) is 18.1. The van der Waals surface area contributed by atoms with Gasteiger partial charge in [-0.15, -0.1) is 0 Å². The molecule has 0 aliphatic carbocycles. The second-order valence-electron chi connectivity index (χ2n) is 6.06. The van der Waals surface area contributed by atoms with Crippen LogP contribution in [0.2, 0.25) is 10.0 Å². The van der Waals surface area contributed by atoms with Gasteiger partial charge >= 0.3 is 5.97 Å². The highest BCUT2D eigenvalue weighted by molar-refractivity contribution is 7.89. The number of hydrogen-bond acceptors (Lipinski definition) is 5. The summed E-state index contributed by atoms with van der Waals surface area (Å²) in [6, 6.07) is 9.86. The van der Waals surface area contributed by atoms with Gasteiger partial charge in [0.2, 0.25) is 10.0 Å². The maximum atomic E-state index is 12.1. The molecule has 1 unspecified atom stereocenters. The third kappa shape index (κ3) is 6.43. The predicted molar refractivity (Wildman–Crippen MR) is 111 cm³/mol. The molecule has 2 aromatic rings. The Morgan fingerprint density at radius 3 is 2.31 bits per heavy atom. The lowest BCUT2D eigenvalue weighted by molar-refractivity contribution is -0.124. The SMILES string of the molecule is CCNS(=O)(=O)c1ccc(C(=O)OCC(=O)NC(C)c2ccc(Cl)c(Cl)c2)cc1. The molecule has 0 fully saturated rings. The first-order chi connectivity index (χ1) is 13.6. The Morgan fingerprint density at radius 1 is 1.07 bits per heavy atom. The smallest absolute Gasteiger partial charge is 0.338 e. The van der Waals surface area contributed by atoms with E-state index < -0.39 is 28.5 Å². The number of benzene rings is 2. The zero-order valence-electron chi connectivity index (χ0n) is 15.7. The maximum absolute atomic E-state index is 12.1. The lowest BCUT2D eigenvalue weighted by atomic mass is 10.1. The van der Waals surface area contributed by atoms with Crippen LogP contribution in [0, 0.1) is 0 Å². The monoisotopic (exact) mass is 458 g/mol. The summed E-state index contributed by atoms with van der Waals surface area (Å²) in [6.45, 7) is 3.18. The van der Waals surface area contributed by atoms with Gasteiger partial charge in [0.25, 0.3) is 5.91 Å². The molecule has 7 nitrogen and oxygen atoms in total. The second kappa shape index (κ2) is 10.1. The molecule has 0 aromatic heterocycles. The average molecular weight is 459 g/mol. The van der Waals surface area contributed by atoms with E-state index in [-0.39, 0.29) is 23.0 Å². The Kier molecular flexibility index (Phi) is 8.04. The average Bonchev–Trinajstić information content (AvgIpc) is 2.68. The molecular formula is C19H20Cl2N2O5S. The summed E-state index contributed by atoms with van der Waals surface area (Å²) < 4.78 is 31.1. The second-order valence-corrected chi connectivity index (χ2v) is 8.65. The highest BCUT2D eigenvalue weighted by Crippen LogP contribution is 2.25. The van der Waals surface area contributed by atoms with Crippen LogP contribution in [0.4, 0.5) is 0 Å². The lowest BCUT2D eigenvalue weighted by Gasteiger charge is -2.15. The molecule has 2 aromatic carbocycles. The van der Waals surface area contributed by atoms with Crippen molar-refractivity contribution in [2.24, 2.45) is 0 Å². The Hall–Kier alpha value is -2.13. The molecule has 1 atom stereocenters. The molecule has 0 saturated heterocycles. The van der Waals surface area contributed by atoms with Crippen LogP contribution in [-0.4, -0.2) is 33.4 Å². The van der Waals surface area contributed by atoms with Crippen LogP contribution in [0.1, 0.15) is 35.8 Å². The van der Waals surface area contributed by atoms with E-state index in [1.54, 1.807) is 32.0 Å². The first-order valence-electron chi connectivity index (χ1n) is 8.65. The molecule has 10 heteroatoms. The largest absolute Gasteiger partial charge is 0.452 e. The summed E-state index contributed by atoms with van der Waals surface area (Å²) >= 11 is 11.8. The summed E-state index contributed by atoms with van der Waals surface area (Å²) in [5, 5.41) is 3.47. The fraction of sp³-hybridized carbons (Fsp3) is 0.263. The predicted octanol–water partition coefficient (Wildman–Crippen LogP) is 3.33. The molecule has 29 heavy (non-hydrogen) atoms. The highest BCUT2D eigenvalue weighted by atomic mass is 35.5. The van der Waals surface area contributed by atoms with Gasteiger partial charge in [0, 0.05) is 6.54 Å². The van der Waals surface area contributed by atoms with Crippen LogP contribution in [-0.2, 0) is 19.6 Å². The Balaban J connectivity index is 1.91. The van der Waals surface area contributed by atoms with Gasteiger partial charge < -0.3 is 10.1 Å². The van der Waals surface area contributed by atoms with E-state index in [9.17, 15) is 18.0 Å². The fourth-order valence-electron chi connectivity index (χ4n) is 2.41. The molecule has 0 aliphatic heterocycles. The maximum Gasteiger partial charge on any atom is 0.338 e. The van der Waals surface area contributed by atoms with Gasteiger partial charge in [-0.05, 0) is 48.9 Å². The number of nitrogens with one attached hydrogen (secondary N) is 2. The van der Waals surface area contributed by atoms with Crippen LogP contribution in [0.5, 0.6) is 0 Å². The molecule has 0 radical (unpaired) electrons. The summed E-state index contributed by atoms with van der Waals surface area (Å²) in [5.41, 5.74) is 0.877. The van der Waals surface area contributed by atoms with Crippen LogP contribution >= 0.6 is 23.2 Å². The normalized spacial score (nSPS) is 12.3. The van der Waals surface area contributed by atoms with E-state index in [1.807, 2.05) is 0 Å². The van der Waals surface area contributed by atoms with Crippen molar-refractivity contribution in [3.8, 4) is 0 Å². The van der Waals surface area contributed by atoms with Crippen LogP contribution in [0.3, 0.4) is 0 Å². The highest BCUT2D eigenvalue weighted by Gasteiger charge is 2.16. The number of hydrogen-bond donors (Lipinski definition) is 2.